The third kappa shape index (κ3) is 5.19. The average Bonchev–Trinajstić information content (AvgIpc) is 2.52. The first-order chi connectivity index (χ1) is 10.6. The summed E-state index contributed by atoms with van der Waals surface area (Å²) in [7, 11) is 4.08. The van der Waals surface area contributed by atoms with Crippen molar-refractivity contribution in [3.63, 3.8) is 0 Å². The van der Waals surface area contributed by atoms with Gasteiger partial charge < -0.3 is 10.2 Å². The molecule has 0 aliphatic rings. The van der Waals surface area contributed by atoms with E-state index in [2.05, 4.69) is 22.3 Å². The quantitative estimate of drug-likeness (QED) is 0.830. The van der Waals surface area contributed by atoms with Gasteiger partial charge >= 0.3 is 0 Å². The number of carbonyl (C=O) groups excluding carboxylic acids is 1. The molecule has 0 saturated carbocycles. The molecule has 0 bridgehead atoms. The van der Waals surface area contributed by atoms with Crippen LogP contribution in [0.4, 0.5) is 0 Å². The molecule has 0 aliphatic heterocycles. The molecule has 1 amide bonds. The second-order valence-corrected chi connectivity index (χ2v) is 5.47. The van der Waals surface area contributed by atoms with Gasteiger partial charge in [-0.2, -0.15) is 0 Å². The van der Waals surface area contributed by atoms with Crippen LogP contribution in [0.3, 0.4) is 0 Å². The highest BCUT2D eigenvalue weighted by Gasteiger charge is 2.04. The molecule has 0 radical (unpaired) electrons. The molecule has 0 heterocycles. The largest absolute Gasteiger partial charge is 0.348 e. The molecular formula is C19H22N2O. The summed E-state index contributed by atoms with van der Waals surface area (Å²) < 4.78 is 0. The van der Waals surface area contributed by atoms with Crippen molar-refractivity contribution in [1.29, 1.82) is 0 Å². The minimum atomic E-state index is -0.0801. The normalized spacial score (nSPS) is 11.0. The Labute approximate surface area is 132 Å². The monoisotopic (exact) mass is 294 g/mol. The number of hydrogen-bond acceptors (Lipinski definition) is 2. The lowest BCUT2D eigenvalue weighted by molar-refractivity contribution is -0.116. The van der Waals surface area contributed by atoms with E-state index in [1.165, 1.54) is 5.56 Å². The van der Waals surface area contributed by atoms with Crippen molar-refractivity contribution in [3.8, 4) is 0 Å². The Balaban J connectivity index is 1.93. The Hall–Kier alpha value is -2.39. The van der Waals surface area contributed by atoms with E-state index in [-0.39, 0.29) is 5.91 Å². The van der Waals surface area contributed by atoms with E-state index in [4.69, 9.17) is 0 Å². The maximum absolute atomic E-state index is 11.9. The number of amides is 1. The molecule has 1 N–H and O–H groups in total. The Kier molecular flexibility index (Phi) is 5.92. The van der Waals surface area contributed by atoms with Crippen molar-refractivity contribution >= 4 is 12.0 Å². The summed E-state index contributed by atoms with van der Waals surface area (Å²) in [5.74, 6) is -0.0801. The fourth-order valence-electron chi connectivity index (χ4n) is 2.20. The third-order valence-electron chi connectivity index (χ3n) is 3.28. The highest BCUT2D eigenvalue weighted by molar-refractivity contribution is 5.91. The molecular weight excluding hydrogens is 272 g/mol. The standard InChI is InChI=1S/C19H22N2O/c1-21(2)15-18-11-7-6-10-17(18)14-20-19(22)13-12-16-8-4-3-5-9-16/h3-13H,14-15H2,1-2H3,(H,20,22)/b13-12+. The first-order valence-electron chi connectivity index (χ1n) is 7.37. The Morgan fingerprint density at radius 3 is 2.32 bits per heavy atom. The highest BCUT2D eigenvalue weighted by Crippen LogP contribution is 2.10. The predicted octanol–water partition coefficient (Wildman–Crippen LogP) is 3.08. The number of nitrogens with one attached hydrogen (secondary N) is 1. The van der Waals surface area contributed by atoms with E-state index >= 15 is 0 Å². The van der Waals surface area contributed by atoms with E-state index in [1.807, 2.05) is 62.6 Å². The summed E-state index contributed by atoms with van der Waals surface area (Å²) in [5.41, 5.74) is 3.41. The molecule has 3 heteroatoms. The maximum Gasteiger partial charge on any atom is 0.244 e. The summed E-state index contributed by atoms with van der Waals surface area (Å²) in [5, 5.41) is 2.94. The second kappa shape index (κ2) is 8.15. The van der Waals surface area contributed by atoms with Crippen LogP contribution in [0.1, 0.15) is 16.7 Å². The zero-order valence-corrected chi connectivity index (χ0v) is 13.1. The fraction of sp³-hybridized carbons (Fsp3) is 0.211. The Bertz CT molecular complexity index is 633. The van der Waals surface area contributed by atoms with Gasteiger partial charge in [0.05, 0.1) is 0 Å². The molecule has 2 aromatic rings. The molecule has 0 atom stereocenters. The van der Waals surface area contributed by atoms with Crippen molar-refractivity contribution in [3.05, 3.63) is 77.4 Å². The van der Waals surface area contributed by atoms with Crippen LogP contribution in [-0.4, -0.2) is 24.9 Å². The summed E-state index contributed by atoms with van der Waals surface area (Å²) in [6.07, 6.45) is 3.39. The van der Waals surface area contributed by atoms with Crippen molar-refractivity contribution in [1.82, 2.24) is 10.2 Å². The molecule has 0 spiro atoms. The van der Waals surface area contributed by atoms with E-state index in [1.54, 1.807) is 6.08 Å². The van der Waals surface area contributed by atoms with Crippen molar-refractivity contribution in [2.45, 2.75) is 13.1 Å². The first-order valence-corrected chi connectivity index (χ1v) is 7.37. The molecule has 3 nitrogen and oxygen atoms in total. The van der Waals surface area contributed by atoms with Gasteiger partial charge in [-0.1, -0.05) is 54.6 Å². The molecule has 2 rings (SSSR count). The van der Waals surface area contributed by atoms with Crippen LogP contribution in [0.5, 0.6) is 0 Å². The lowest BCUT2D eigenvalue weighted by Crippen LogP contribution is -2.22. The van der Waals surface area contributed by atoms with Gasteiger partial charge in [-0.25, -0.2) is 0 Å². The summed E-state index contributed by atoms with van der Waals surface area (Å²) in [4.78, 5) is 14.0. The smallest absolute Gasteiger partial charge is 0.244 e. The number of nitrogens with zero attached hydrogens (tertiary/aromatic N) is 1. The topological polar surface area (TPSA) is 32.3 Å². The van der Waals surface area contributed by atoms with Gasteiger partial charge in [-0.15, -0.1) is 0 Å². The molecule has 0 aliphatic carbocycles. The second-order valence-electron chi connectivity index (χ2n) is 5.47. The fourth-order valence-corrected chi connectivity index (χ4v) is 2.20. The lowest BCUT2D eigenvalue weighted by atomic mass is 10.1. The van der Waals surface area contributed by atoms with Gasteiger partial charge in [0, 0.05) is 19.2 Å². The summed E-state index contributed by atoms with van der Waals surface area (Å²) in [6.45, 7) is 1.41. The van der Waals surface area contributed by atoms with Gasteiger partial charge in [0.25, 0.3) is 0 Å². The van der Waals surface area contributed by atoms with Crippen LogP contribution in [-0.2, 0) is 17.9 Å². The molecule has 114 valence electrons. The number of rotatable bonds is 6. The van der Waals surface area contributed by atoms with Gasteiger partial charge in [0.15, 0.2) is 0 Å². The number of hydrogen-bond donors (Lipinski definition) is 1. The van der Waals surface area contributed by atoms with E-state index in [0.717, 1.165) is 17.7 Å². The minimum absolute atomic E-state index is 0.0801. The highest BCUT2D eigenvalue weighted by atomic mass is 16.1. The number of benzene rings is 2. The first kappa shape index (κ1) is 16.0. The van der Waals surface area contributed by atoms with Crippen molar-refractivity contribution < 1.29 is 4.79 Å². The number of carbonyl (C=O) groups is 1. The summed E-state index contributed by atoms with van der Waals surface area (Å²) in [6, 6.07) is 18.0. The van der Waals surface area contributed by atoms with Crippen LogP contribution >= 0.6 is 0 Å². The van der Waals surface area contributed by atoms with Crippen LogP contribution in [0.2, 0.25) is 0 Å². The van der Waals surface area contributed by atoms with E-state index in [0.29, 0.717) is 6.54 Å². The Morgan fingerprint density at radius 1 is 1.00 bits per heavy atom. The lowest BCUT2D eigenvalue weighted by Gasteiger charge is -2.14. The van der Waals surface area contributed by atoms with E-state index < -0.39 is 0 Å². The van der Waals surface area contributed by atoms with Gasteiger partial charge in [0.1, 0.15) is 0 Å². The average molecular weight is 294 g/mol. The van der Waals surface area contributed by atoms with Crippen LogP contribution in [0.25, 0.3) is 6.08 Å². The molecule has 0 saturated heterocycles. The van der Waals surface area contributed by atoms with Crippen LogP contribution < -0.4 is 5.32 Å². The van der Waals surface area contributed by atoms with Gasteiger partial charge in [-0.3, -0.25) is 4.79 Å². The maximum atomic E-state index is 11.9. The van der Waals surface area contributed by atoms with E-state index in [9.17, 15) is 4.79 Å². The third-order valence-corrected chi connectivity index (χ3v) is 3.28. The van der Waals surface area contributed by atoms with Crippen molar-refractivity contribution in [2.75, 3.05) is 14.1 Å². The molecule has 0 aromatic heterocycles. The minimum Gasteiger partial charge on any atom is -0.348 e. The van der Waals surface area contributed by atoms with Crippen LogP contribution in [0, 0.1) is 0 Å². The molecule has 2 aromatic carbocycles. The molecule has 0 unspecified atom stereocenters. The molecule has 22 heavy (non-hydrogen) atoms. The predicted molar refractivity (Wildman–Crippen MR) is 91.2 cm³/mol. The zero-order valence-electron chi connectivity index (χ0n) is 13.1. The SMILES string of the molecule is CN(C)Cc1ccccc1CNC(=O)/C=C/c1ccccc1. The Morgan fingerprint density at radius 2 is 1.64 bits per heavy atom. The van der Waals surface area contributed by atoms with Gasteiger partial charge in [0.2, 0.25) is 5.91 Å². The zero-order chi connectivity index (χ0) is 15.8. The molecule has 0 fully saturated rings. The van der Waals surface area contributed by atoms with Crippen molar-refractivity contribution in [2.24, 2.45) is 0 Å². The van der Waals surface area contributed by atoms with Gasteiger partial charge in [-0.05, 0) is 36.9 Å². The summed E-state index contributed by atoms with van der Waals surface area (Å²) >= 11 is 0. The van der Waals surface area contributed by atoms with Crippen LogP contribution in [0.15, 0.2) is 60.7 Å².